The van der Waals surface area contributed by atoms with Gasteiger partial charge < -0.3 is 14.1 Å². The van der Waals surface area contributed by atoms with Gasteiger partial charge in [0.2, 0.25) is 0 Å². The third kappa shape index (κ3) is 4.80. The monoisotopic (exact) mass is 381 g/mol. The van der Waals surface area contributed by atoms with E-state index in [1.165, 1.54) is 11.0 Å². The number of carbonyl (C=O) groups excluding carboxylic acids is 1. The molecule has 2 aromatic carbocycles. The first kappa shape index (κ1) is 19.7. The molecule has 0 spiro atoms. The maximum Gasteiger partial charge on any atom is 0.261 e. The Morgan fingerprint density at radius 3 is 2.39 bits per heavy atom. The lowest BCUT2D eigenvalue weighted by molar-refractivity contribution is -0.135. The molecule has 0 fully saturated rings. The molecule has 0 unspecified atom stereocenters. The van der Waals surface area contributed by atoms with Crippen LogP contribution in [0, 0.1) is 26.6 Å². The topological polar surface area (TPSA) is 42.7 Å². The van der Waals surface area contributed by atoms with Crippen molar-refractivity contribution in [2.75, 3.05) is 6.61 Å². The van der Waals surface area contributed by atoms with E-state index in [0.29, 0.717) is 17.1 Å². The van der Waals surface area contributed by atoms with Crippen LogP contribution >= 0.6 is 0 Å². The number of furan rings is 1. The minimum atomic E-state index is -0.342. The van der Waals surface area contributed by atoms with Gasteiger partial charge in [-0.25, -0.2) is 4.39 Å². The van der Waals surface area contributed by atoms with Crippen molar-refractivity contribution in [2.45, 2.75) is 33.9 Å². The summed E-state index contributed by atoms with van der Waals surface area (Å²) in [4.78, 5) is 14.4. The maximum atomic E-state index is 14.1. The number of hydrogen-bond acceptors (Lipinski definition) is 3. The van der Waals surface area contributed by atoms with E-state index in [1.807, 2.05) is 32.9 Å². The molecular formula is C23H24FNO3. The predicted octanol–water partition coefficient (Wildman–Crippen LogP) is 4.95. The molecule has 0 N–H and O–H groups in total. The van der Waals surface area contributed by atoms with E-state index < -0.39 is 0 Å². The van der Waals surface area contributed by atoms with Gasteiger partial charge in [0.15, 0.2) is 6.61 Å². The normalized spacial score (nSPS) is 10.7. The number of aryl methyl sites for hydroxylation is 3. The first-order valence-corrected chi connectivity index (χ1v) is 9.18. The van der Waals surface area contributed by atoms with Crippen LogP contribution in [-0.4, -0.2) is 17.4 Å². The Morgan fingerprint density at radius 2 is 1.75 bits per heavy atom. The molecule has 0 atom stereocenters. The van der Waals surface area contributed by atoms with Crippen LogP contribution in [0.4, 0.5) is 4.39 Å². The van der Waals surface area contributed by atoms with Crippen molar-refractivity contribution in [1.82, 2.24) is 4.90 Å². The molecule has 0 radical (unpaired) electrons. The Hall–Kier alpha value is -3.08. The van der Waals surface area contributed by atoms with Gasteiger partial charge in [-0.05, 0) is 50.1 Å². The molecule has 1 amide bonds. The summed E-state index contributed by atoms with van der Waals surface area (Å²) < 4.78 is 25.3. The van der Waals surface area contributed by atoms with Crippen molar-refractivity contribution < 1.29 is 18.3 Å². The molecule has 1 aromatic heterocycles. The number of rotatable bonds is 7. The summed E-state index contributed by atoms with van der Waals surface area (Å²) in [6.45, 7) is 6.20. The molecule has 0 bridgehead atoms. The Kier molecular flexibility index (Phi) is 6.14. The Morgan fingerprint density at radius 1 is 1.04 bits per heavy atom. The van der Waals surface area contributed by atoms with E-state index >= 15 is 0 Å². The highest BCUT2D eigenvalue weighted by molar-refractivity contribution is 5.77. The second-order valence-corrected chi connectivity index (χ2v) is 6.94. The quantitative estimate of drug-likeness (QED) is 0.581. The van der Waals surface area contributed by atoms with Crippen LogP contribution in [0.5, 0.6) is 5.75 Å². The lowest BCUT2D eigenvalue weighted by Gasteiger charge is -2.23. The fourth-order valence-corrected chi connectivity index (χ4v) is 3.27. The molecule has 0 aliphatic rings. The van der Waals surface area contributed by atoms with E-state index in [9.17, 15) is 9.18 Å². The van der Waals surface area contributed by atoms with E-state index in [-0.39, 0.29) is 31.4 Å². The second-order valence-electron chi connectivity index (χ2n) is 6.94. The average molecular weight is 381 g/mol. The molecule has 146 valence electrons. The standard InChI is InChI=1S/C23H24FNO3/c1-16-11-17(2)23(18(3)12-16)28-15-22(26)25(14-20-8-6-10-27-20)13-19-7-4-5-9-21(19)24/h4-12H,13-15H2,1-3H3. The van der Waals surface area contributed by atoms with E-state index in [0.717, 1.165) is 16.7 Å². The fraction of sp³-hybridized carbons (Fsp3) is 0.261. The second kappa shape index (κ2) is 8.74. The van der Waals surface area contributed by atoms with E-state index in [4.69, 9.17) is 9.15 Å². The Bertz CT molecular complexity index is 927. The van der Waals surface area contributed by atoms with Crippen LogP contribution < -0.4 is 4.74 Å². The first-order chi connectivity index (χ1) is 13.4. The van der Waals surface area contributed by atoms with Crippen molar-refractivity contribution in [3.05, 3.63) is 88.6 Å². The third-order valence-electron chi connectivity index (χ3n) is 4.54. The highest BCUT2D eigenvalue weighted by Crippen LogP contribution is 2.24. The summed E-state index contributed by atoms with van der Waals surface area (Å²) in [5.41, 5.74) is 3.56. The maximum absolute atomic E-state index is 14.1. The molecule has 0 aliphatic heterocycles. The minimum absolute atomic E-state index is 0.125. The largest absolute Gasteiger partial charge is 0.483 e. The lowest BCUT2D eigenvalue weighted by Crippen LogP contribution is -2.34. The predicted molar refractivity (Wildman–Crippen MR) is 106 cm³/mol. The number of benzene rings is 2. The molecular weight excluding hydrogens is 357 g/mol. The summed E-state index contributed by atoms with van der Waals surface area (Å²) in [5.74, 6) is 0.764. The van der Waals surface area contributed by atoms with Gasteiger partial charge in [-0.15, -0.1) is 0 Å². The smallest absolute Gasteiger partial charge is 0.261 e. The van der Waals surface area contributed by atoms with Gasteiger partial charge in [0.05, 0.1) is 12.8 Å². The van der Waals surface area contributed by atoms with Crippen LogP contribution in [0.3, 0.4) is 0 Å². The fourth-order valence-electron chi connectivity index (χ4n) is 3.27. The van der Waals surface area contributed by atoms with Crippen molar-refractivity contribution in [3.8, 4) is 5.75 Å². The van der Waals surface area contributed by atoms with Crippen molar-refractivity contribution in [1.29, 1.82) is 0 Å². The summed E-state index contributed by atoms with van der Waals surface area (Å²) in [5, 5.41) is 0. The van der Waals surface area contributed by atoms with Crippen LogP contribution in [0.25, 0.3) is 0 Å². The van der Waals surface area contributed by atoms with Gasteiger partial charge in [-0.1, -0.05) is 35.9 Å². The number of ether oxygens (including phenoxy) is 1. The molecule has 0 aliphatic carbocycles. The van der Waals surface area contributed by atoms with Gasteiger partial charge >= 0.3 is 0 Å². The average Bonchev–Trinajstić information content (AvgIpc) is 3.15. The summed E-state index contributed by atoms with van der Waals surface area (Å²) >= 11 is 0. The van der Waals surface area contributed by atoms with Gasteiger partial charge in [0.1, 0.15) is 17.3 Å². The molecule has 0 saturated heterocycles. The first-order valence-electron chi connectivity index (χ1n) is 9.18. The van der Waals surface area contributed by atoms with Crippen LogP contribution in [0.2, 0.25) is 0 Å². The number of nitrogens with zero attached hydrogens (tertiary/aromatic N) is 1. The molecule has 3 aromatic rings. The van der Waals surface area contributed by atoms with Crippen molar-refractivity contribution in [3.63, 3.8) is 0 Å². The van der Waals surface area contributed by atoms with Crippen molar-refractivity contribution >= 4 is 5.91 Å². The molecule has 28 heavy (non-hydrogen) atoms. The molecule has 1 heterocycles. The van der Waals surface area contributed by atoms with Crippen LogP contribution in [-0.2, 0) is 17.9 Å². The highest BCUT2D eigenvalue weighted by atomic mass is 19.1. The molecule has 4 nitrogen and oxygen atoms in total. The Labute approximate surface area is 164 Å². The zero-order valence-electron chi connectivity index (χ0n) is 16.4. The van der Waals surface area contributed by atoms with Crippen LogP contribution in [0.1, 0.15) is 28.0 Å². The summed E-state index contributed by atoms with van der Waals surface area (Å²) in [6, 6.07) is 14.0. The Balaban J connectivity index is 1.75. The summed E-state index contributed by atoms with van der Waals surface area (Å²) in [6.07, 6.45) is 1.55. The SMILES string of the molecule is Cc1cc(C)c(OCC(=O)N(Cc2ccco2)Cc2ccccc2F)c(C)c1. The van der Waals surface area contributed by atoms with Gasteiger partial charge in [-0.3, -0.25) is 4.79 Å². The minimum Gasteiger partial charge on any atom is -0.483 e. The number of halogens is 1. The zero-order chi connectivity index (χ0) is 20.1. The van der Waals surface area contributed by atoms with E-state index in [2.05, 4.69) is 0 Å². The zero-order valence-corrected chi connectivity index (χ0v) is 16.4. The third-order valence-corrected chi connectivity index (χ3v) is 4.54. The van der Waals surface area contributed by atoms with Gasteiger partial charge in [-0.2, -0.15) is 0 Å². The lowest BCUT2D eigenvalue weighted by atomic mass is 10.1. The van der Waals surface area contributed by atoms with E-state index in [1.54, 1.807) is 36.6 Å². The molecule has 5 heteroatoms. The number of hydrogen-bond donors (Lipinski definition) is 0. The molecule has 0 saturated carbocycles. The van der Waals surface area contributed by atoms with Crippen molar-refractivity contribution in [2.24, 2.45) is 0 Å². The van der Waals surface area contributed by atoms with Crippen LogP contribution in [0.15, 0.2) is 59.2 Å². The van der Waals surface area contributed by atoms with Gasteiger partial charge in [0.25, 0.3) is 5.91 Å². The van der Waals surface area contributed by atoms with Gasteiger partial charge in [0, 0.05) is 12.1 Å². The highest BCUT2D eigenvalue weighted by Gasteiger charge is 2.19. The summed E-state index contributed by atoms with van der Waals surface area (Å²) in [7, 11) is 0. The number of carbonyl (C=O) groups is 1. The number of amides is 1. The molecule has 3 rings (SSSR count).